The maximum atomic E-state index is 12.9. The van der Waals surface area contributed by atoms with Crippen LogP contribution in [0.5, 0.6) is 0 Å². The van der Waals surface area contributed by atoms with E-state index < -0.39 is 75.7 Å². The van der Waals surface area contributed by atoms with Gasteiger partial charge in [0.15, 0.2) is 6.10 Å². The number of ether oxygens (including phenoxy) is 2. The molecule has 1 rings (SSSR count). The molecule has 0 saturated heterocycles. The number of phosphoric ester groups is 1. The number of carbonyl (C=O) groups excluding carboxylic acids is 2. The highest BCUT2D eigenvalue weighted by Crippen LogP contribution is 2.47. The van der Waals surface area contributed by atoms with Gasteiger partial charge in [-0.2, -0.15) is 0 Å². The van der Waals surface area contributed by atoms with Crippen LogP contribution in [0.2, 0.25) is 0 Å². The Kier molecular flexibility index (Phi) is 42.5. The Morgan fingerprint density at radius 1 is 0.397 bits per heavy atom. The monoisotopic (exact) mass is 993 g/mol. The highest BCUT2D eigenvalue weighted by molar-refractivity contribution is 7.47. The highest BCUT2D eigenvalue weighted by atomic mass is 31.2. The van der Waals surface area contributed by atoms with Gasteiger partial charge in [-0.05, 0) is 12.8 Å². The van der Waals surface area contributed by atoms with Crippen LogP contribution in [0.25, 0.3) is 0 Å². The Hall–Kier alpha value is -1.15. The van der Waals surface area contributed by atoms with Crippen LogP contribution >= 0.6 is 7.82 Å². The fraction of sp³-hybridized carbons (Fsp3) is 0.963. The molecule has 0 heterocycles. The summed E-state index contributed by atoms with van der Waals surface area (Å²) in [5.41, 5.74) is 0. The summed E-state index contributed by atoms with van der Waals surface area (Å²) in [6, 6.07) is 0. The predicted octanol–water partition coefficient (Wildman–Crippen LogP) is 12.8. The summed E-state index contributed by atoms with van der Waals surface area (Å²) < 4.78 is 33.7. The first-order valence-electron chi connectivity index (χ1n) is 28.3. The zero-order chi connectivity index (χ0) is 49.9. The van der Waals surface area contributed by atoms with Gasteiger partial charge in [0, 0.05) is 12.8 Å². The number of aliphatic hydroxyl groups is 5. The van der Waals surface area contributed by atoms with Crippen LogP contribution in [0, 0.1) is 0 Å². The summed E-state index contributed by atoms with van der Waals surface area (Å²) in [6.07, 6.45) is 35.8. The van der Waals surface area contributed by atoms with E-state index in [1.54, 1.807) is 0 Å². The molecule has 8 atom stereocenters. The van der Waals surface area contributed by atoms with Crippen molar-refractivity contribution >= 4 is 19.8 Å². The van der Waals surface area contributed by atoms with E-state index in [9.17, 15) is 44.6 Å². The van der Waals surface area contributed by atoms with Gasteiger partial charge < -0.3 is 39.9 Å². The fourth-order valence-corrected chi connectivity index (χ4v) is 10.1. The van der Waals surface area contributed by atoms with Gasteiger partial charge in [0.05, 0.1) is 6.61 Å². The molecule has 1 fully saturated rings. The smallest absolute Gasteiger partial charge is 0.462 e. The van der Waals surface area contributed by atoms with E-state index in [2.05, 4.69) is 13.8 Å². The molecule has 404 valence electrons. The van der Waals surface area contributed by atoms with Gasteiger partial charge in [0.2, 0.25) is 0 Å². The molecule has 1 saturated carbocycles. The number of rotatable bonds is 49. The minimum atomic E-state index is -5.12. The summed E-state index contributed by atoms with van der Waals surface area (Å²) in [5.74, 6) is -1.08. The molecule has 0 bridgehead atoms. The van der Waals surface area contributed by atoms with E-state index in [0.29, 0.717) is 12.8 Å². The second-order valence-corrected chi connectivity index (χ2v) is 21.6. The molecule has 6 N–H and O–H groups in total. The zero-order valence-electron chi connectivity index (χ0n) is 43.4. The van der Waals surface area contributed by atoms with Crippen LogP contribution in [-0.2, 0) is 32.7 Å². The fourth-order valence-electron chi connectivity index (χ4n) is 9.17. The first-order chi connectivity index (χ1) is 32.9. The third-order valence-corrected chi connectivity index (χ3v) is 14.7. The average Bonchev–Trinajstić information content (AvgIpc) is 3.32. The molecule has 14 heteroatoms. The second-order valence-electron chi connectivity index (χ2n) is 20.2. The number of aliphatic hydroxyl groups excluding tert-OH is 5. The summed E-state index contributed by atoms with van der Waals surface area (Å²) in [4.78, 5) is 35.9. The van der Waals surface area contributed by atoms with Crippen molar-refractivity contribution in [3.05, 3.63) is 0 Å². The van der Waals surface area contributed by atoms with Crippen LogP contribution in [0.3, 0.4) is 0 Å². The molecule has 0 radical (unpaired) electrons. The van der Waals surface area contributed by atoms with Gasteiger partial charge in [-0.15, -0.1) is 0 Å². The van der Waals surface area contributed by atoms with E-state index in [0.717, 1.165) is 38.5 Å². The van der Waals surface area contributed by atoms with E-state index in [4.69, 9.17) is 18.5 Å². The van der Waals surface area contributed by atoms with E-state index in [-0.39, 0.29) is 12.8 Å². The molecule has 1 aliphatic rings. The van der Waals surface area contributed by atoms with Crippen LogP contribution in [0.4, 0.5) is 0 Å². The Balaban J connectivity index is 2.31. The van der Waals surface area contributed by atoms with E-state index >= 15 is 0 Å². The molecule has 6 unspecified atom stereocenters. The summed E-state index contributed by atoms with van der Waals surface area (Å²) in [7, 11) is -5.12. The first kappa shape index (κ1) is 64.9. The lowest BCUT2D eigenvalue weighted by atomic mass is 9.85. The van der Waals surface area contributed by atoms with Gasteiger partial charge in [0.25, 0.3) is 0 Å². The second kappa shape index (κ2) is 44.5. The Labute approximate surface area is 414 Å². The number of hydrogen-bond acceptors (Lipinski definition) is 12. The minimum Gasteiger partial charge on any atom is -0.462 e. The Morgan fingerprint density at radius 3 is 0.971 bits per heavy atom. The number of hydrogen-bond donors (Lipinski definition) is 6. The van der Waals surface area contributed by atoms with Crippen LogP contribution in [-0.4, -0.2) is 98.3 Å². The largest absolute Gasteiger partial charge is 0.472 e. The molecule has 0 aliphatic heterocycles. The molecule has 13 nitrogen and oxygen atoms in total. The number of unbranched alkanes of at least 4 members (excludes halogenated alkanes) is 37. The molecule has 0 aromatic carbocycles. The van der Waals surface area contributed by atoms with E-state index in [1.165, 1.54) is 199 Å². The quantitative estimate of drug-likeness (QED) is 0.0191. The molecular weight excluding hydrogens is 888 g/mol. The third-order valence-electron chi connectivity index (χ3n) is 13.7. The lowest BCUT2D eigenvalue weighted by Gasteiger charge is -2.41. The highest BCUT2D eigenvalue weighted by Gasteiger charge is 2.51. The Morgan fingerprint density at radius 2 is 0.662 bits per heavy atom. The van der Waals surface area contributed by atoms with Crippen molar-refractivity contribution in [2.24, 2.45) is 0 Å². The van der Waals surface area contributed by atoms with Crippen molar-refractivity contribution in [1.29, 1.82) is 0 Å². The lowest BCUT2D eigenvalue weighted by Crippen LogP contribution is -2.64. The van der Waals surface area contributed by atoms with Crippen molar-refractivity contribution in [2.45, 2.75) is 320 Å². The van der Waals surface area contributed by atoms with Crippen LogP contribution in [0.15, 0.2) is 0 Å². The van der Waals surface area contributed by atoms with Gasteiger partial charge >= 0.3 is 19.8 Å². The lowest BCUT2D eigenvalue weighted by molar-refractivity contribution is -0.220. The van der Waals surface area contributed by atoms with Crippen molar-refractivity contribution in [2.75, 3.05) is 13.2 Å². The summed E-state index contributed by atoms with van der Waals surface area (Å²) in [6.45, 7) is 3.37. The van der Waals surface area contributed by atoms with Crippen molar-refractivity contribution < 1.29 is 63.1 Å². The van der Waals surface area contributed by atoms with Crippen LogP contribution in [0.1, 0.15) is 277 Å². The van der Waals surface area contributed by atoms with Gasteiger partial charge in [-0.1, -0.05) is 251 Å². The topological polar surface area (TPSA) is 210 Å². The molecule has 0 amide bonds. The van der Waals surface area contributed by atoms with Crippen molar-refractivity contribution in [3.63, 3.8) is 0 Å². The third kappa shape index (κ3) is 35.9. The zero-order valence-corrected chi connectivity index (χ0v) is 44.3. The summed E-state index contributed by atoms with van der Waals surface area (Å²) >= 11 is 0. The minimum absolute atomic E-state index is 0.106. The van der Waals surface area contributed by atoms with Crippen molar-refractivity contribution in [3.8, 4) is 0 Å². The standard InChI is InChI=1S/C54H105O13P/c1-3-5-7-9-11-13-15-17-19-21-22-23-24-25-26-27-29-31-33-35-37-39-41-43-48(56)66-46(45-65-68(62,63)67-54-52(60)50(58)49(57)51(59)53(54)61)44-64-47(55)42-40-38-36-34-32-30-28-20-18-16-14-12-10-8-6-4-2/h46,49-54,57-61H,3-45H2,1-2H3,(H,62,63)/t46-,49?,50-,51?,52?,53?,54?/m1/s1. The Bertz CT molecular complexity index is 1190. The number of carbonyl (C=O) groups is 2. The number of esters is 2. The molecule has 0 aromatic rings. The maximum Gasteiger partial charge on any atom is 0.472 e. The van der Waals surface area contributed by atoms with Gasteiger partial charge in [0.1, 0.15) is 43.2 Å². The predicted molar refractivity (Wildman–Crippen MR) is 272 cm³/mol. The normalized spacial score (nSPS) is 20.9. The molecular formula is C54H105O13P. The number of phosphoric acid groups is 1. The van der Waals surface area contributed by atoms with Crippen LogP contribution < -0.4 is 0 Å². The first-order valence-corrected chi connectivity index (χ1v) is 29.8. The average molecular weight is 993 g/mol. The SMILES string of the molecule is CCCCCCCCCCCCCCCCCCCCCCCCCC(=O)O[C@H](COC(=O)CCCCCCCCCCCCCCCCCC)COP(=O)(O)OC1C(O)C(O)C(O)[C@@H](O)C1O. The maximum absolute atomic E-state index is 12.9. The van der Waals surface area contributed by atoms with Gasteiger partial charge in [-0.3, -0.25) is 18.6 Å². The van der Waals surface area contributed by atoms with Crippen molar-refractivity contribution in [1.82, 2.24) is 0 Å². The molecule has 1 aliphatic carbocycles. The summed E-state index contributed by atoms with van der Waals surface area (Å²) in [5, 5.41) is 50.3. The molecule has 0 aromatic heterocycles. The molecule has 68 heavy (non-hydrogen) atoms. The van der Waals surface area contributed by atoms with Gasteiger partial charge in [-0.25, -0.2) is 4.57 Å². The molecule has 0 spiro atoms. The van der Waals surface area contributed by atoms with E-state index in [1.807, 2.05) is 0 Å².